The van der Waals surface area contributed by atoms with Crippen LogP contribution in [0.25, 0.3) is 23.0 Å². The second-order valence-corrected chi connectivity index (χ2v) is 6.49. The van der Waals surface area contributed by atoms with Gasteiger partial charge in [-0.15, -0.1) is 0 Å². The first kappa shape index (κ1) is 17.9. The number of imidazole rings is 1. The van der Waals surface area contributed by atoms with Gasteiger partial charge in [0.25, 0.3) is 0 Å². The third-order valence-corrected chi connectivity index (χ3v) is 4.60. The van der Waals surface area contributed by atoms with Gasteiger partial charge in [0.2, 0.25) is 5.91 Å². The minimum Gasteiger partial charge on any atom is -0.340 e. The molecule has 0 unspecified atom stereocenters. The average molecular weight is 347 g/mol. The smallest absolute Gasteiger partial charge is 0.246 e. The van der Waals surface area contributed by atoms with E-state index in [1.807, 2.05) is 30.5 Å². The van der Waals surface area contributed by atoms with Crippen LogP contribution in [0.4, 0.5) is 0 Å². The van der Waals surface area contributed by atoms with Gasteiger partial charge in [-0.25, -0.2) is 4.98 Å². The van der Waals surface area contributed by atoms with Gasteiger partial charge in [0, 0.05) is 30.9 Å². The summed E-state index contributed by atoms with van der Waals surface area (Å²) in [5.41, 5.74) is 6.11. The summed E-state index contributed by atoms with van der Waals surface area (Å²) in [4.78, 5) is 19.0. The predicted octanol–water partition coefficient (Wildman–Crippen LogP) is 4.50. The zero-order valence-electron chi connectivity index (χ0n) is 15.9. The molecule has 0 aliphatic heterocycles. The molecule has 2 heterocycles. The Morgan fingerprint density at radius 2 is 1.77 bits per heavy atom. The fraction of sp³-hybridized carbons (Fsp3) is 0.273. The van der Waals surface area contributed by atoms with Crippen molar-refractivity contribution in [2.24, 2.45) is 0 Å². The maximum Gasteiger partial charge on any atom is 0.246 e. The Hall–Kier alpha value is -2.88. The molecule has 2 aromatic heterocycles. The van der Waals surface area contributed by atoms with Gasteiger partial charge < -0.3 is 4.90 Å². The van der Waals surface area contributed by atoms with E-state index in [-0.39, 0.29) is 5.91 Å². The van der Waals surface area contributed by atoms with Crippen LogP contribution in [0, 0.1) is 13.8 Å². The molecular weight excluding hydrogens is 322 g/mol. The highest BCUT2D eigenvalue weighted by Crippen LogP contribution is 2.26. The summed E-state index contributed by atoms with van der Waals surface area (Å²) in [5, 5.41) is 0. The van der Waals surface area contributed by atoms with Crippen molar-refractivity contribution in [2.45, 2.75) is 27.7 Å². The first-order valence-corrected chi connectivity index (χ1v) is 9.06. The average Bonchev–Trinajstić information content (AvgIpc) is 2.99. The summed E-state index contributed by atoms with van der Waals surface area (Å²) in [5.74, 6) is 0.0203. The zero-order chi connectivity index (χ0) is 18.7. The number of aromatic nitrogens is 2. The van der Waals surface area contributed by atoms with Crippen LogP contribution in [0.1, 0.15) is 30.7 Å². The first-order chi connectivity index (χ1) is 12.5. The lowest BCUT2D eigenvalue weighted by molar-refractivity contribution is -0.125. The Bertz CT molecular complexity index is 947. The van der Waals surface area contributed by atoms with Gasteiger partial charge >= 0.3 is 0 Å². The maximum absolute atomic E-state index is 12.4. The molecule has 4 nitrogen and oxygen atoms in total. The Morgan fingerprint density at radius 3 is 2.42 bits per heavy atom. The third kappa shape index (κ3) is 3.54. The van der Waals surface area contributed by atoms with Crippen molar-refractivity contribution in [3.8, 4) is 11.3 Å². The second kappa shape index (κ2) is 7.56. The molecule has 26 heavy (non-hydrogen) atoms. The Morgan fingerprint density at radius 1 is 1.08 bits per heavy atom. The van der Waals surface area contributed by atoms with Crippen molar-refractivity contribution in [3.63, 3.8) is 0 Å². The number of benzene rings is 1. The zero-order valence-corrected chi connectivity index (χ0v) is 15.9. The van der Waals surface area contributed by atoms with Crippen LogP contribution in [-0.2, 0) is 4.79 Å². The maximum atomic E-state index is 12.4. The minimum absolute atomic E-state index is 0.0203. The summed E-state index contributed by atoms with van der Waals surface area (Å²) >= 11 is 0. The lowest BCUT2D eigenvalue weighted by Gasteiger charge is -2.15. The van der Waals surface area contributed by atoms with Gasteiger partial charge in [-0.05, 0) is 51.5 Å². The van der Waals surface area contributed by atoms with Gasteiger partial charge in [-0.1, -0.05) is 29.8 Å². The van der Waals surface area contributed by atoms with Crippen molar-refractivity contribution in [1.29, 1.82) is 0 Å². The van der Waals surface area contributed by atoms with Crippen molar-refractivity contribution in [1.82, 2.24) is 14.3 Å². The molecule has 1 amide bonds. The molecule has 0 aliphatic carbocycles. The molecule has 0 spiro atoms. The number of likely N-dealkylation sites (N-methyl/N-ethyl adjacent to an activating group) is 1. The molecule has 0 aliphatic rings. The van der Waals surface area contributed by atoms with E-state index in [2.05, 4.69) is 50.2 Å². The van der Waals surface area contributed by atoms with Crippen LogP contribution in [-0.4, -0.2) is 33.3 Å². The second-order valence-electron chi connectivity index (χ2n) is 6.49. The number of fused-ring (bicyclic) bond motifs is 1. The number of carbonyl (C=O) groups is 1. The lowest BCUT2D eigenvalue weighted by atomic mass is 10.1. The normalized spacial score (nSPS) is 11.4. The van der Waals surface area contributed by atoms with E-state index in [4.69, 9.17) is 4.98 Å². The van der Waals surface area contributed by atoms with E-state index in [0.29, 0.717) is 13.1 Å². The molecule has 3 rings (SSSR count). The Labute approximate surface area is 154 Å². The van der Waals surface area contributed by atoms with E-state index >= 15 is 0 Å². The van der Waals surface area contributed by atoms with Crippen molar-refractivity contribution in [3.05, 3.63) is 65.5 Å². The van der Waals surface area contributed by atoms with E-state index in [1.165, 1.54) is 5.56 Å². The highest BCUT2D eigenvalue weighted by Gasteiger charge is 2.13. The molecule has 3 aromatic rings. The molecule has 1 aromatic carbocycles. The van der Waals surface area contributed by atoms with Crippen molar-refractivity contribution < 1.29 is 4.79 Å². The number of rotatable bonds is 5. The number of aryl methyl sites for hydroxylation is 2. The molecule has 0 radical (unpaired) electrons. The van der Waals surface area contributed by atoms with E-state index in [1.54, 1.807) is 11.0 Å². The molecule has 0 saturated carbocycles. The summed E-state index contributed by atoms with van der Waals surface area (Å²) in [6, 6.07) is 12.4. The monoisotopic (exact) mass is 347 g/mol. The molecule has 0 bridgehead atoms. The number of amides is 1. The number of hydrogen-bond donors (Lipinski definition) is 0. The van der Waals surface area contributed by atoms with Crippen molar-refractivity contribution >= 4 is 17.6 Å². The highest BCUT2D eigenvalue weighted by molar-refractivity contribution is 5.93. The number of hydrogen-bond acceptors (Lipinski definition) is 2. The topological polar surface area (TPSA) is 37.6 Å². The van der Waals surface area contributed by atoms with Gasteiger partial charge in [0.05, 0.1) is 11.4 Å². The molecule has 0 fully saturated rings. The van der Waals surface area contributed by atoms with Crippen molar-refractivity contribution in [2.75, 3.05) is 13.1 Å². The van der Waals surface area contributed by atoms with Gasteiger partial charge in [-0.2, -0.15) is 0 Å². The predicted molar refractivity (Wildman–Crippen MR) is 107 cm³/mol. The largest absolute Gasteiger partial charge is 0.340 e. The molecule has 0 atom stereocenters. The van der Waals surface area contributed by atoms with Gasteiger partial charge in [0.1, 0.15) is 5.65 Å². The molecule has 134 valence electrons. The van der Waals surface area contributed by atoms with Gasteiger partial charge in [0.15, 0.2) is 0 Å². The molecule has 0 N–H and O–H groups in total. The standard InChI is InChI=1S/C22H25N3O/c1-5-24(6-2)21(26)12-11-19-22(18-9-7-16(3)8-10-18)23-20-15-17(4)13-14-25(19)20/h7-15H,5-6H2,1-4H3/b12-11+. The Balaban J connectivity index is 2.11. The summed E-state index contributed by atoms with van der Waals surface area (Å²) in [6.07, 6.45) is 5.54. The van der Waals surface area contributed by atoms with Gasteiger partial charge in [-0.3, -0.25) is 9.20 Å². The summed E-state index contributed by atoms with van der Waals surface area (Å²) in [7, 11) is 0. The van der Waals surface area contributed by atoms with E-state index in [0.717, 1.165) is 28.2 Å². The molecule has 0 saturated heterocycles. The van der Waals surface area contributed by atoms with Crippen LogP contribution in [0.3, 0.4) is 0 Å². The Kier molecular flexibility index (Phi) is 5.21. The number of nitrogens with zero attached hydrogens (tertiary/aromatic N) is 3. The quantitative estimate of drug-likeness (QED) is 0.637. The SMILES string of the molecule is CCN(CC)C(=O)/C=C/c1c(-c2ccc(C)cc2)nc2cc(C)ccn12. The minimum atomic E-state index is 0.0203. The van der Waals surface area contributed by atoms with Crippen LogP contribution in [0.15, 0.2) is 48.7 Å². The summed E-state index contributed by atoms with van der Waals surface area (Å²) in [6.45, 7) is 9.52. The van der Waals surface area contributed by atoms with E-state index in [9.17, 15) is 4.79 Å². The third-order valence-electron chi connectivity index (χ3n) is 4.60. The molecular formula is C22H25N3O. The fourth-order valence-electron chi connectivity index (χ4n) is 3.04. The lowest BCUT2D eigenvalue weighted by Crippen LogP contribution is -2.28. The summed E-state index contributed by atoms with van der Waals surface area (Å²) < 4.78 is 2.04. The molecule has 4 heteroatoms. The number of carbonyl (C=O) groups excluding carboxylic acids is 1. The van der Waals surface area contributed by atoms with Crippen LogP contribution >= 0.6 is 0 Å². The fourth-order valence-corrected chi connectivity index (χ4v) is 3.04. The highest BCUT2D eigenvalue weighted by atomic mass is 16.2. The van der Waals surface area contributed by atoms with E-state index < -0.39 is 0 Å². The van der Waals surface area contributed by atoms with Crippen LogP contribution in [0.2, 0.25) is 0 Å². The first-order valence-electron chi connectivity index (χ1n) is 9.06. The number of pyridine rings is 1. The van der Waals surface area contributed by atoms with Crippen LogP contribution in [0.5, 0.6) is 0 Å². The van der Waals surface area contributed by atoms with Crippen LogP contribution < -0.4 is 0 Å².